The average Bonchev–Trinajstić information content (AvgIpc) is 0.915. The van der Waals surface area contributed by atoms with Gasteiger partial charge in [-0.25, -0.2) is 4.57 Å². The molecule has 2 atom stereocenters. The monoisotopic (exact) mass is 1470 g/mol. The Labute approximate surface area is 643 Å². The maximum Gasteiger partial charge on any atom is 0.472 e. The minimum atomic E-state index is -4.40. The van der Waals surface area contributed by atoms with Gasteiger partial charge in [0.05, 0.1) is 27.7 Å². The lowest BCUT2D eigenvalue weighted by Crippen LogP contribution is -2.37. The fraction of sp³-hybridized carbons (Fsp3) is 0.723. The van der Waals surface area contributed by atoms with Crippen LogP contribution in [0.4, 0.5) is 0 Å². The number of allylic oxidation sites excluding steroid dienone is 24. The first-order chi connectivity index (χ1) is 51.0. The van der Waals surface area contributed by atoms with Crippen molar-refractivity contribution in [2.75, 3.05) is 47.5 Å². The highest BCUT2D eigenvalue weighted by Crippen LogP contribution is 2.43. The van der Waals surface area contributed by atoms with Gasteiger partial charge in [0.25, 0.3) is 0 Å². The van der Waals surface area contributed by atoms with Gasteiger partial charge in [0.1, 0.15) is 19.8 Å². The summed E-state index contributed by atoms with van der Waals surface area (Å²) in [6, 6.07) is 0. The predicted octanol–water partition coefficient (Wildman–Crippen LogP) is 29.6. The molecule has 0 heterocycles. The van der Waals surface area contributed by atoms with E-state index in [1.807, 2.05) is 21.1 Å². The highest BCUT2D eigenvalue weighted by atomic mass is 31.2. The van der Waals surface area contributed by atoms with Crippen molar-refractivity contribution in [2.24, 2.45) is 0 Å². The van der Waals surface area contributed by atoms with Crippen LogP contribution < -0.4 is 0 Å². The lowest BCUT2D eigenvalue weighted by molar-refractivity contribution is -0.870. The molecule has 0 radical (unpaired) electrons. The number of likely N-dealkylation sites (N-methyl/N-ethyl adjacent to an activating group) is 1. The van der Waals surface area contributed by atoms with Gasteiger partial charge in [-0.3, -0.25) is 18.6 Å². The van der Waals surface area contributed by atoms with Gasteiger partial charge in [0, 0.05) is 12.8 Å². The minimum Gasteiger partial charge on any atom is -0.462 e. The Bertz CT molecular complexity index is 2280. The molecular weight excluding hydrogens is 1300 g/mol. The Morgan fingerprint density at radius 1 is 0.298 bits per heavy atom. The summed E-state index contributed by atoms with van der Waals surface area (Å²) < 4.78 is 34.9. The molecule has 0 saturated carbocycles. The molecule has 9 nitrogen and oxygen atoms in total. The highest BCUT2D eigenvalue weighted by Gasteiger charge is 2.27. The molecule has 0 aromatic heterocycles. The maximum absolute atomic E-state index is 12.9. The number of hydrogen-bond acceptors (Lipinski definition) is 7. The summed E-state index contributed by atoms with van der Waals surface area (Å²) >= 11 is 0. The summed E-state index contributed by atoms with van der Waals surface area (Å²) in [6.45, 7) is 4.25. The molecule has 0 aromatic carbocycles. The fourth-order valence-corrected chi connectivity index (χ4v) is 13.1. The molecule has 0 rings (SSSR count). The zero-order chi connectivity index (χ0) is 75.4. The van der Waals surface area contributed by atoms with Gasteiger partial charge in [-0.15, -0.1) is 0 Å². The topological polar surface area (TPSA) is 108 Å². The van der Waals surface area contributed by atoms with E-state index in [0.717, 1.165) is 116 Å². The number of hydrogen-bond donors (Lipinski definition) is 1. The third-order valence-electron chi connectivity index (χ3n) is 18.9. The summed E-state index contributed by atoms with van der Waals surface area (Å²) in [4.78, 5) is 36.1. The first kappa shape index (κ1) is 99.9. The fourth-order valence-electron chi connectivity index (χ4n) is 12.3. The standard InChI is InChI=1S/C94H164NO8P/c1-6-8-10-12-14-16-18-20-22-24-26-28-30-32-34-36-38-40-42-44-46-47-49-50-52-54-56-58-60-62-64-66-68-70-72-74-76-78-80-82-84-86-93(96)100-90-92(91-102-104(98,99)101-89-88-95(3,4)5)103-94(97)87-85-83-81-79-77-75-73-71-69-67-65-63-61-59-57-55-53-51-48-45-43-41-39-37-35-33-31-29-27-25-23-21-19-17-15-13-11-9-7-2/h8-11,14-17,20-23,26-29,33,35,39,41,45,48,53,55,92H,6-7,12-13,18-19,24-25,30-32,34,36-38,40,42-44,46-47,49-52,54,56-91H2,1-5H3/p+1/b10-8-,11-9-,16-14-,17-15-,22-20-,23-21-,28-26-,29-27-,35-33-,41-39-,48-45-,55-53-. The molecule has 0 aliphatic rings. The zero-order valence-corrected chi connectivity index (χ0v) is 69.4. The van der Waals surface area contributed by atoms with Crippen molar-refractivity contribution in [3.63, 3.8) is 0 Å². The summed E-state index contributed by atoms with van der Waals surface area (Å²) in [6.07, 6.45) is 123. The lowest BCUT2D eigenvalue weighted by atomic mass is 10.0. The molecule has 0 saturated heterocycles. The Morgan fingerprint density at radius 3 is 0.769 bits per heavy atom. The Hall–Kier alpha value is -4.11. The van der Waals surface area contributed by atoms with Crippen molar-refractivity contribution in [3.05, 3.63) is 146 Å². The molecule has 598 valence electrons. The van der Waals surface area contributed by atoms with E-state index in [9.17, 15) is 19.0 Å². The molecule has 0 amide bonds. The van der Waals surface area contributed by atoms with Crippen LogP contribution in [0.2, 0.25) is 0 Å². The molecule has 0 fully saturated rings. The number of phosphoric ester groups is 1. The summed E-state index contributed by atoms with van der Waals surface area (Å²) in [5.41, 5.74) is 0. The summed E-state index contributed by atoms with van der Waals surface area (Å²) in [5.74, 6) is -0.785. The van der Waals surface area contributed by atoms with E-state index in [-0.39, 0.29) is 32.0 Å². The lowest BCUT2D eigenvalue weighted by Gasteiger charge is -2.24. The molecule has 1 N–H and O–H groups in total. The second-order valence-electron chi connectivity index (χ2n) is 30.2. The molecule has 0 aliphatic heterocycles. The van der Waals surface area contributed by atoms with E-state index in [1.54, 1.807) is 0 Å². The predicted molar refractivity (Wildman–Crippen MR) is 454 cm³/mol. The van der Waals surface area contributed by atoms with E-state index in [1.165, 1.54) is 238 Å². The van der Waals surface area contributed by atoms with Gasteiger partial charge < -0.3 is 18.9 Å². The highest BCUT2D eigenvalue weighted by molar-refractivity contribution is 7.47. The molecule has 0 aliphatic carbocycles. The minimum absolute atomic E-state index is 0.0291. The third kappa shape index (κ3) is 86.8. The zero-order valence-electron chi connectivity index (χ0n) is 68.5. The van der Waals surface area contributed by atoms with Gasteiger partial charge in [0.2, 0.25) is 0 Å². The van der Waals surface area contributed by atoms with Crippen molar-refractivity contribution in [2.45, 2.75) is 392 Å². The van der Waals surface area contributed by atoms with Crippen molar-refractivity contribution in [1.29, 1.82) is 0 Å². The molecule has 0 spiro atoms. The number of carbonyl (C=O) groups is 2. The average molecular weight is 1470 g/mol. The SMILES string of the molecule is CC/C=C\C/C=C\C/C=C\C/C=C\C/C=C\C/C=C\C/C=C\C/C=C\CCCCCCCCCCCCCCCCC(=O)OC(COC(=O)CCCCCCCCCCCCCCCCCCCCCCCCCCCCCC/C=C\C/C=C\C/C=C\C/C=C\CC)COP(=O)(O)OCC[N+](C)(C)C. The van der Waals surface area contributed by atoms with E-state index in [4.69, 9.17) is 18.5 Å². The third-order valence-corrected chi connectivity index (χ3v) is 19.8. The molecule has 0 aromatic rings. The van der Waals surface area contributed by atoms with Crippen LogP contribution in [0.1, 0.15) is 386 Å². The summed E-state index contributed by atoms with van der Waals surface area (Å²) in [7, 11) is 1.48. The van der Waals surface area contributed by atoms with E-state index in [0.29, 0.717) is 17.4 Å². The Morgan fingerprint density at radius 2 is 0.519 bits per heavy atom. The van der Waals surface area contributed by atoms with Crippen LogP contribution >= 0.6 is 7.82 Å². The van der Waals surface area contributed by atoms with Crippen LogP contribution in [-0.4, -0.2) is 74.9 Å². The number of carbonyl (C=O) groups excluding carboxylic acids is 2. The van der Waals surface area contributed by atoms with Crippen molar-refractivity contribution >= 4 is 19.8 Å². The van der Waals surface area contributed by atoms with Crippen molar-refractivity contribution < 1.29 is 42.1 Å². The molecule has 0 bridgehead atoms. The smallest absolute Gasteiger partial charge is 0.462 e. The normalized spacial score (nSPS) is 13.7. The number of quaternary nitrogens is 1. The number of nitrogens with zero attached hydrogens (tertiary/aromatic N) is 1. The van der Waals surface area contributed by atoms with Crippen LogP contribution in [0, 0.1) is 0 Å². The van der Waals surface area contributed by atoms with Crippen LogP contribution in [-0.2, 0) is 32.7 Å². The van der Waals surface area contributed by atoms with E-state index >= 15 is 0 Å². The first-order valence-electron chi connectivity index (χ1n) is 43.6. The van der Waals surface area contributed by atoms with Gasteiger partial charge in [-0.05, 0) is 116 Å². The number of unbranched alkanes of at least 4 members (excludes halogenated alkanes) is 42. The van der Waals surface area contributed by atoms with Crippen molar-refractivity contribution in [1.82, 2.24) is 0 Å². The van der Waals surface area contributed by atoms with Crippen LogP contribution in [0.15, 0.2) is 146 Å². The van der Waals surface area contributed by atoms with Crippen molar-refractivity contribution in [3.8, 4) is 0 Å². The molecular formula is C94H165NO8P+. The van der Waals surface area contributed by atoms with Crippen LogP contribution in [0.3, 0.4) is 0 Å². The largest absolute Gasteiger partial charge is 0.472 e. The van der Waals surface area contributed by atoms with Gasteiger partial charge in [-0.2, -0.15) is 0 Å². The van der Waals surface area contributed by atoms with E-state index < -0.39 is 26.5 Å². The quantitative estimate of drug-likeness (QED) is 0.0211. The summed E-state index contributed by atoms with van der Waals surface area (Å²) in [5, 5.41) is 0. The Kier molecular flexibility index (Phi) is 79.7. The molecule has 10 heteroatoms. The van der Waals surface area contributed by atoms with E-state index in [2.05, 4.69) is 160 Å². The first-order valence-corrected chi connectivity index (χ1v) is 45.1. The second-order valence-corrected chi connectivity index (χ2v) is 31.6. The second kappa shape index (κ2) is 82.9. The number of rotatable bonds is 80. The number of esters is 2. The Balaban J connectivity index is 3.92. The van der Waals surface area contributed by atoms with Crippen LogP contribution in [0.25, 0.3) is 0 Å². The maximum atomic E-state index is 12.9. The number of ether oxygens (including phenoxy) is 2. The number of phosphoric acid groups is 1. The van der Waals surface area contributed by atoms with Gasteiger partial charge in [-0.1, -0.05) is 404 Å². The van der Waals surface area contributed by atoms with Gasteiger partial charge >= 0.3 is 19.8 Å². The van der Waals surface area contributed by atoms with Gasteiger partial charge in [0.15, 0.2) is 6.10 Å². The molecule has 2 unspecified atom stereocenters. The van der Waals surface area contributed by atoms with Crippen LogP contribution in [0.5, 0.6) is 0 Å². The molecule has 104 heavy (non-hydrogen) atoms.